The van der Waals surface area contributed by atoms with Gasteiger partial charge in [0, 0.05) is 18.8 Å². The van der Waals surface area contributed by atoms with Crippen molar-refractivity contribution in [2.75, 3.05) is 12.4 Å². The Balaban J connectivity index is 2.08. The van der Waals surface area contributed by atoms with E-state index >= 15 is 0 Å². The van der Waals surface area contributed by atoms with Crippen LogP contribution < -0.4 is 10.6 Å². The van der Waals surface area contributed by atoms with E-state index in [1.54, 1.807) is 24.1 Å². The van der Waals surface area contributed by atoms with Gasteiger partial charge in [-0.2, -0.15) is 5.10 Å². The van der Waals surface area contributed by atoms with E-state index in [4.69, 9.17) is 0 Å². The molecule has 0 saturated heterocycles. The Morgan fingerprint density at radius 1 is 1.53 bits per heavy atom. The Morgan fingerprint density at radius 3 is 2.84 bits per heavy atom. The van der Waals surface area contributed by atoms with Gasteiger partial charge in [0.25, 0.3) is 0 Å². The summed E-state index contributed by atoms with van der Waals surface area (Å²) in [6, 6.07) is -0.456. The van der Waals surface area contributed by atoms with Gasteiger partial charge in [0.2, 0.25) is 11.0 Å². The molecule has 1 amide bonds. The van der Waals surface area contributed by atoms with E-state index in [9.17, 15) is 4.79 Å². The van der Waals surface area contributed by atoms with E-state index in [0.717, 1.165) is 17.0 Å². The number of aryl methyl sites for hydroxylation is 2. The van der Waals surface area contributed by atoms with Crippen LogP contribution in [-0.4, -0.2) is 32.9 Å². The Bertz CT molecular complexity index is 563. The lowest BCUT2D eigenvalue weighted by molar-refractivity contribution is -0.118. The van der Waals surface area contributed by atoms with Gasteiger partial charge in [0.1, 0.15) is 11.0 Å². The van der Waals surface area contributed by atoms with Crippen LogP contribution in [0.1, 0.15) is 23.5 Å². The molecule has 7 nitrogen and oxygen atoms in total. The first-order valence-corrected chi connectivity index (χ1v) is 6.74. The first kappa shape index (κ1) is 13.6. The molecule has 0 saturated carbocycles. The fraction of sp³-hybridized carbons (Fsp3) is 0.455. The predicted molar refractivity (Wildman–Crippen MR) is 72.9 cm³/mol. The van der Waals surface area contributed by atoms with Gasteiger partial charge in [-0.1, -0.05) is 18.3 Å². The van der Waals surface area contributed by atoms with E-state index < -0.39 is 6.04 Å². The molecule has 2 rings (SSSR count). The maximum atomic E-state index is 12.2. The highest BCUT2D eigenvalue weighted by Crippen LogP contribution is 2.18. The third-order valence-electron chi connectivity index (χ3n) is 2.61. The average molecular weight is 280 g/mol. The van der Waals surface area contributed by atoms with Gasteiger partial charge in [0.15, 0.2) is 0 Å². The molecule has 0 radical (unpaired) electrons. The molecule has 0 aromatic carbocycles. The van der Waals surface area contributed by atoms with Crippen LogP contribution in [0.25, 0.3) is 0 Å². The summed E-state index contributed by atoms with van der Waals surface area (Å²) in [7, 11) is 3.54. The molecule has 0 fully saturated rings. The molecule has 0 aliphatic rings. The second kappa shape index (κ2) is 5.89. The lowest BCUT2D eigenvalue weighted by Crippen LogP contribution is -2.30. The van der Waals surface area contributed by atoms with Gasteiger partial charge in [0.05, 0.1) is 6.20 Å². The topological polar surface area (TPSA) is 84.7 Å². The second-order valence-electron chi connectivity index (χ2n) is 4.01. The van der Waals surface area contributed by atoms with Gasteiger partial charge in [-0.25, -0.2) is 0 Å². The number of likely N-dealkylation sites (N-methyl/N-ethyl adjacent to an activating group) is 1. The fourth-order valence-electron chi connectivity index (χ4n) is 1.66. The highest BCUT2D eigenvalue weighted by molar-refractivity contribution is 7.15. The zero-order chi connectivity index (χ0) is 13.8. The molecule has 0 aliphatic carbocycles. The molecule has 0 aliphatic heterocycles. The van der Waals surface area contributed by atoms with Gasteiger partial charge in [-0.15, -0.1) is 10.2 Å². The molecule has 1 unspecified atom stereocenters. The standard InChI is InChI=1S/C11H16N6OS/c1-4-8-15-16-11(19-8)14-10(18)9(12-2)7-5-13-17(3)6-7/h5-6,9,12H,4H2,1-3H3,(H,14,16,18). The van der Waals surface area contributed by atoms with Crippen LogP contribution in [0.15, 0.2) is 12.4 Å². The lowest BCUT2D eigenvalue weighted by atomic mass is 10.1. The van der Waals surface area contributed by atoms with Crippen LogP contribution in [0.2, 0.25) is 0 Å². The van der Waals surface area contributed by atoms with Crippen molar-refractivity contribution in [3.8, 4) is 0 Å². The molecule has 2 aromatic heterocycles. The Labute approximate surface area is 115 Å². The molecule has 19 heavy (non-hydrogen) atoms. The minimum Gasteiger partial charge on any atom is -0.305 e. The number of nitrogens with zero attached hydrogens (tertiary/aromatic N) is 4. The molecule has 0 spiro atoms. The van der Waals surface area contributed by atoms with Crippen molar-refractivity contribution in [2.45, 2.75) is 19.4 Å². The first-order chi connectivity index (χ1) is 9.13. The van der Waals surface area contributed by atoms with Crippen molar-refractivity contribution < 1.29 is 4.79 Å². The monoisotopic (exact) mass is 280 g/mol. The number of aromatic nitrogens is 4. The number of amides is 1. The average Bonchev–Trinajstić information content (AvgIpc) is 3.00. The van der Waals surface area contributed by atoms with E-state index in [-0.39, 0.29) is 5.91 Å². The van der Waals surface area contributed by atoms with Gasteiger partial charge < -0.3 is 5.32 Å². The van der Waals surface area contributed by atoms with Gasteiger partial charge >= 0.3 is 0 Å². The number of hydrogen-bond donors (Lipinski definition) is 2. The summed E-state index contributed by atoms with van der Waals surface area (Å²) in [6.07, 6.45) is 4.28. The molecule has 0 bridgehead atoms. The number of nitrogens with one attached hydrogen (secondary N) is 2. The highest BCUT2D eigenvalue weighted by Gasteiger charge is 2.21. The molecule has 2 aromatic rings. The Hall–Kier alpha value is -1.80. The zero-order valence-electron chi connectivity index (χ0n) is 11.0. The number of carbonyl (C=O) groups is 1. The summed E-state index contributed by atoms with van der Waals surface area (Å²) < 4.78 is 1.66. The lowest BCUT2D eigenvalue weighted by Gasteiger charge is -2.12. The SMILES string of the molecule is CCc1nnc(NC(=O)C(NC)c2cnn(C)c2)s1. The highest BCUT2D eigenvalue weighted by atomic mass is 32.1. The van der Waals surface area contributed by atoms with Crippen LogP contribution >= 0.6 is 11.3 Å². The maximum absolute atomic E-state index is 12.2. The minimum absolute atomic E-state index is 0.172. The van der Waals surface area contributed by atoms with E-state index in [1.807, 2.05) is 14.0 Å². The molecule has 8 heteroatoms. The number of rotatable bonds is 5. The van der Waals surface area contributed by atoms with Crippen LogP contribution in [0.5, 0.6) is 0 Å². The predicted octanol–water partition coefficient (Wildman–Crippen LogP) is 0.733. The molecule has 2 heterocycles. The Kier molecular flexibility index (Phi) is 4.23. The first-order valence-electron chi connectivity index (χ1n) is 5.93. The van der Waals surface area contributed by atoms with Crippen LogP contribution in [0, 0.1) is 0 Å². The van der Waals surface area contributed by atoms with Crippen molar-refractivity contribution in [2.24, 2.45) is 7.05 Å². The molecular weight excluding hydrogens is 264 g/mol. The van der Waals surface area contributed by atoms with Crippen molar-refractivity contribution >= 4 is 22.4 Å². The molecule has 1 atom stereocenters. The fourth-order valence-corrected chi connectivity index (χ4v) is 2.35. The third-order valence-corrected chi connectivity index (χ3v) is 3.59. The second-order valence-corrected chi connectivity index (χ2v) is 5.07. The van der Waals surface area contributed by atoms with E-state index in [2.05, 4.69) is 25.9 Å². The number of anilines is 1. The van der Waals surface area contributed by atoms with Gasteiger partial charge in [-0.05, 0) is 13.5 Å². The normalized spacial score (nSPS) is 12.4. The number of carbonyl (C=O) groups excluding carboxylic acids is 1. The summed E-state index contributed by atoms with van der Waals surface area (Å²) >= 11 is 1.39. The molecular formula is C11H16N6OS. The van der Waals surface area contributed by atoms with Crippen LogP contribution in [-0.2, 0) is 18.3 Å². The maximum Gasteiger partial charge on any atom is 0.248 e. The van der Waals surface area contributed by atoms with Crippen molar-refractivity contribution in [3.63, 3.8) is 0 Å². The summed E-state index contributed by atoms with van der Waals surface area (Å²) in [5.74, 6) is -0.172. The van der Waals surface area contributed by atoms with E-state index in [0.29, 0.717) is 5.13 Å². The smallest absolute Gasteiger partial charge is 0.248 e. The third kappa shape index (κ3) is 3.15. The van der Waals surface area contributed by atoms with Crippen LogP contribution in [0.4, 0.5) is 5.13 Å². The largest absolute Gasteiger partial charge is 0.305 e. The van der Waals surface area contributed by atoms with Gasteiger partial charge in [-0.3, -0.25) is 14.8 Å². The summed E-state index contributed by atoms with van der Waals surface area (Å²) in [6.45, 7) is 2.00. The molecule has 2 N–H and O–H groups in total. The summed E-state index contributed by atoms with van der Waals surface area (Å²) in [5.41, 5.74) is 0.808. The van der Waals surface area contributed by atoms with Crippen molar-refractivity contribution in [1.82, 2.24) is 25.3 Å². The zero-order valence-corrected chi connectivity index (χ0v) is 11.9. The molecule has 102 valence electrons. The summed E-state index contributed by atoms with van der Waals surface area (Å²) in [5, 5.41) is 19.1. The Morgan fingerprint density at radius 2 is 2.32 bits per heavy atom. The quantitative estimate of drug-likeness (QED) is 0.843. The summed E-state index contributed by atoms with van der Waals surface area (Å²) in [4.78, 5) is 12.2. The van der Waals surface area contributed by atoms with E-state index in [1.165, 1.54) is 11.3 Å². The van der Waals surface area contributed by atoms with Crippen molar-refractivity contribution in [1.29, 1.82) is 0 Å². The number of hydrogen-bond acceptors (Lipinski definition) is 6. The van der Waals surface area contributed by atoms with Crippen molar-refractivity contribution in [3.05, 3.63) is 23.0 Å². The van der Waals surface area contributed by atoms with Crippen LogP contribution in [0.3, 0.4) is 0 Å². The minimum atomic E-state index is -0.456.